The number of fused-ring (bicyclic) bond motifs is 1. The van der Waals surface area contributed by atoms with Crippen LogP contribution in [0.4, 0.5) is 5.69 Å². The Labute approximate surface area is 155 Å². The first kappa shape index (κ1) is 17.3. The highest BCUT2D eigenvalue weighted by atomic mass is 16.5. The maximum atomic E-state index is 12.2. The van der Waals surface area contributed by atoms with E-state index >= 15 is 0 Å². The van der Waals surface area contributed by atoms with Crippen molar-refractivity contribution in [2.45, 2.75) is 31.7 Å². The summed E-state index contributed by atoms with van der Waals surface area (Å²) in [5.74, 6) is 0.220. The molecule has 1 aromatic carbocycles. The molecule has 1 fully saturated rings. The Morgan fingerprint density at radius 1 is 1.33 bits per heavy atom. The Hall–Kier alpha value is -3.16. The van der Waals surface area contributed by atoms with Crippen LogP contribution in [0.2, 0.25) is 0 Å². The van der Waals surface area contributed by atoms with Crippen LogP contribution in [0.1, 0.15) is 42.4 Å². The lowest BCUT2D eigenvalue weighted by Crippen LogP contribution is -2.19. The van der Waals surface area contributed by atoms with Gasteiger partial charge >= 0.3 is 5.91 Å². The molecule has 27 heavy (non-hydrogen) atoms. The molecule has 8 nitrogen and oxygen atoms in total. The number of nitrogens with one attached hydrogen (secondary N) is 1. The molecule has 140 valence electrons. The molecule has 0 bridgehead atoms. The minimum absolute atomic E-state index is 0.0141. The van der Waals surface area contributed by atoms with Crippen molar-refractivity contribution >= 4 is 28.8 Å². The van der Waals surface area contributed by atoms with Crippen LogP contribution in [-0.2, 0) is 4.79 Å². The molecule has 3 aromatic rings. The van der Waals surface area contributed by atoms with Gasteiger partial charge in [-0.25, -0.2) is 4.98 Å². The number of aldehydes is 1. The fourth-order valence-corrected chi connectivity index (χ4v) is 3.54. The molecule has 0 unspecified atom stereocenters. The van der Waals surface area contributed by atoms with Crippen LogP contribution in [0.5, 0.6) is 5.75 Å². The standard InChI is InChI=1S/C19H20N4O4/c1-26-17-9-15-13(8-16(17)21-18(25)19-20-6-7-27-19)10-23(22-15)14-4-2-12(11-24)3-5-14/h6-12,14H,2-5H2,1H3,(H,21,25)/t12-,14-. The molecule has 1 aliphatic carbocycles. The third-order valence-electron chi connectivity index (χ3n) is 5.03. The summed E-state index contributed by atoms with van der Waals surface area (Å²) in [5.41, 5.74) is 1.32. The van der Waals surface area contributed by atoms with Crippen molar-refractivity contribution < 1.29 is 18.7 Å². The Morgan fingerprint density at radius 2 is 2.15 bits per heavy atom. The number of aromatic nitrogens is 3. The van der Waals surface area contributed by atoms with E-state index in [1.54, 1.807) is 13.2 Å². The Bertz CT molecular complexity index is 956. The zero-order valence-corrected chi connectivity index (χ0v) is 14.9. The number of hydrogen-bond acceptors (Lipinski definition) is 6. The second-order valence-corrected chi connectivity index (χ2v) is 6.72. The van der Waals surface area contributed by atoms with Crippen LogP contribution in [0, 0.1) is 5.92 Å². The number of carbonyl (C=O) groups is 2. The number of nitrogens with zero attached hydrogens (tertiary/aromatic N) is 3. The zero-order chi connectivity index (χ0) is 18.8. The number of oxazole rings is 1. The molecule has 4 rings (SSSR count). The van der Waals surface area contributed by atoms with E-state index in [0.717, 1.165) is 42.9 Å². The molecular formula is C19H20N4O4. The summed E-state index contributed by atoms with van der Waals surface area (Å²) in [4.78, 5) is 27.0. The first-order valence-electron chi connectivity index (χ1n) is 8.91. The predicted molar refractivity (Wildman–Crippen MR) is 97.8 cm³/mol. The van der Waals surface area contributed by atoms with E-state index in [0.29, 0.717) is 11.4 Å². The van der Waals surface area contributed by atoms with Gasteiger partial charge in [0, 0.05) is 23.6 Å². The van der Waals surface area contributed by atoms with Crippen molar-refractivity contribution in [3.8, 4) is 5.75 Å². The second-order valence-electron chi connectivity index (χ2n) is 6.72. The summed E-state index contributed by atoms with van der Waals surface area (Å²) in [6.07, 6.45) is 9.45. The van der Waals surface area contributed by atoms with Gasteiger partial charge in [0.1, 0.15) is 18.3 Å². The van der Waals surface area contributed by atoms with Gasteiger partial charge in [-0.3, -0.25) is 9.48 Å². The van der Waals surface area contributed by atoms with Crippen LogP contribution >= 0.6 is 0 Å². The van der Waals surface area contributed by atoms with Crippen LogP contribution in [0.25, 0.3) is 10.9 Å². The minimum atomic E-state index is -0.447. The average Bonchev–Trinajstić information content (AvgIpc) is 3.37. The molecule has 0 spiro atoms. The molecule has 1 saturated carbocycles. The summed E-state index contributed by atoms with van der Waals surface area (Å²) >= 11 is 0. The monoisotopic (exact) mass is 368 g/mol. The fraction of sp³-hybridized carbons (Fsp3) is 0.368. The van der Waals surface area contributed by atoms with Crippen LogP contribution in [0.3, 0.4) is 0 Å². The number of carbonyl (C=O) groups excluding carboxylic acids is 2. The summed E-state index contributed by atoms with van der Waals surface area (Å²) < 4.78 is 12.4. The molecule has 1 amide bonds. The lowest BCUT2D eigenvalue weighted by Gasteiger charge is -2.25. The third kappa shape index (κ3) is 3.42. The van der Waals surface area contributed by atoms with Gasteiger partial charge in [0.2, 0.25) is 0 Å². The van der Waals surface area contributed by atoms with Gasteiger partial charge in [-0.1, -0.05) is 0 Å². The highest BCUT2D eigenvalue weighted by Gasteiger charge is 2.23. The summed E-state index contributed by atoms with van der Waals surface area (Å²) in [7, 11) is 1.54. The number of benzene rings is 1. The Balaban J connectivity index is 1.60. The molecule has 2 aromatic heterocycles. The van der Waals surface area contributed by atoms with Crippen LogP contribution in [-0.4, -0.2) is 34.1 Å². The van der Waals surface area contributed by atoms with Gasteiger partial charge in [-0.05, 0) is 31.7 Å². The first-order chi connectivity index (χ1) is 13.2. The van der Waals surface area contributed by atoms with Gasteiger partial charge in [0.25, 0.3) is 5.89 Å². The number of anilines is 1. The maximum Gasteiger partial charge on any atom is 0.311 e. The molecule has 0 atom stereocenters. The van der Waals surface area contributed by atoms with E-state index in [1.165, 1.54) is 12.5 Å². The van der Waals surface area contributed by atoms with Gasteiger partial charge < -0.3 is 19.3 Å². The number of hydrogen-bond donors (Lipinski definition) is 1. The van der Waals surface area contributed by atoms with E-state index < -0.39 is 5.91 Å². The van der Waals surface area contributed by atoms with Gasteiger partial charge in [-0.15, -0.1) is 0 Å². The highest BCUT2D eigenvalue weighted by molar-refractivity contribution is 6.03. The first-order valence-corrected chi connectivity index (χ1v) is 8.91. The van der Waals surface area contributed by atoms with Gasteiger partial charge in [0.05, 0.1) is 30.6 Å². The topological polar surface area (TPSA) is 99.2 Å². The van der Waals surface area contributed by atoms with E-state index in [4.69, 9.17) is 9.15 Å². The number of amides is 1. The second kappa shape index (κ2) is 7.22. The van der Waals surface area contributed by atoms with Crippen molar-refractivity contribution in [3.63, 3.8) is 0 Å². The number of ether oxygens (including phenoxy) is 1. The molecular weight excluding hydrogens is 348 g/mol. The number of methoxy groups -OCH3 is 1. The molecule has 0 saturated heterocycles. The van der Waals surface area contributed by atoms with Crippen molar-refractivity contribution in [1.29, 1.82) is 0 Å². The predicted octanol–water partition coefficient (Wildman–Crippen LogP) is 3.22. The van der Waals surface area contributed by atoms with Crippen LogP contribution < -0.4 is 10.1 Å². The Kier molecular flexibility index (Phi) is 4.62. The molecule has 1 aliphatic rings. The number of rotatable bonds is 5. The van der Waals surface area contributed by atoms with Crippen LogP contribution in [0.15, 0.2) is 35.2 Å². The smallest absolute Gasteiger partial charge is 0.311 e. The van der Waals surface area contributed by atoms with Crippen molar-refractivity contribution in [1.82, 2.24) is 14.8 Å². The van der Waals surface area contributed by atoms with Crippen molar-refractivity contribution in [2.24, 2.45) is 5.92 Å². The van der Waals surface area contributed by atoms with E-state index in [-0.39, 0.29) is 17.9 Å². The largest absolute Gasteiger partial charge is 0.494 e. The van der Waals surface area contributed by atoms with E-state index in [2.05, 4.69) is 15.4 Å². The lowest BCUT2D eigenvalue weighted by molar-refractivity contribution is -0.112. The quantitative estimate of drug-likeness (QED) is 0.694. The molecule has 2 heterocycles. The van der Waals surface area contributed by atoms with E-state index in [9.17, 15) is 9.59 Å². The molecule has 0 radical (unpaired) electrons. The average molecular weight is 368 g/mol. The summed E-state index contributed by atoms with van der Waals surface area (Å²) in [6, 6.07) is 3.91. The van der Waals surface area contributed by atoms with Crippen molar-refractivity contribution in [2.75, 3.05) is 12.4 Å². The summed E-state index contributed by atoms with van der Waals surface area (Å²) in [6.45, 7) is 0. The molecule has 0 aliphatic heterocycles. The lowest BCUT2D eigenvalue weighted by atomic mass is 9.87. The van der Waals surface area contributed by atoms with Crippen molar-refractivity contribution in [3.05, 3.63) is 36.7 Å². The fourth-order valence-electron chi connectivity index (χ4n) is 3.54. The van der Waals surface area contributed by atoms with Gasteiger partial charge in [0.15, 0.2) is 0 Å². The zero-order valence-electron chi connectivity index (χ0n) is 14.9. The van der Waals surface area contributed by atoms with E-state index in [1.807, 2.05) is 16.9 Å². The maximum absolute atomic E-state index is 12.2. The van der Waals surface area contributed by atoms with Gasteiger partial charge in [-0.2, -0.15) is 5.10 Å². The SMILES string of the molecule is COc1cc2nn([C@H]3CC[C@H](C=O)CC3)cc2cc1NC(=O)c1ncco1. The summed E-state index contributed by atoms with van der Waals surface area (Å²) in [5, 5.41) is 8.33. The third-order valence-corrected chi connectivity index (χ3v) is 5.03. The molecule has 1 N–H and O–H groups in total. The molecule has 8 heteroatoms. The minimum Gasteiger partial charge on any atom is -0.494 e. The highest BCUT2D eigenvalue weighted by Crippen LogP contribution is 2.34. The Morgan fingerprint density at radius 3 is 2.81 bits per heavy atom. The normalized spacial score (nSPS) is 19.7.